The second kappa shape index (κ2) is 12.4. The molecule has 2 heterocycles. The van der Waals surface area contributed by atoms with Crippen LogP contribution >= 0.6 is 0 Å². The monoisotopic (exact) mass is 612 g/mol. The average Bonchev–Trinajstić information content (AvgIpc) is 3.64. The molecule has 0 radical (unpaired) electrons. The van der Waals surface area contributed by atoms with Crippen molar-refractivity contribution < 1.29 is 44.0 Å². The fraction of sp³-hybridized carbons (Fsp3) is 0.118. The molecule has 0 amide bonds. The van der Waals surface area contributed by atoms with Crippen molar-refractivity contribution in [3.05, 3.63) is 109 Å². The van der Waals surface area contributed by atoms with E-state index in [4.69, 9.17) is 0 Å². The molecule has 0 atom stereocenters. The molecule has 0 aliphatic rings. The van der Waals surface area contributed by atoms with Crippen molar-refractivity contribution in [3.63, 3.8) is 0 Å². The van der Waals surface area contributed by atoms with E-state index in [9.17, 15) is 0 Å². The van der Waals surface area contributed by atoms with Crippen LogP contribution in [-0.4, -0.2) is 15.3 Å². The minimum atomic E-state index is 0. The third-order valence-corrected chi connectivity index (χ3v) is 7.32. The Balaban J connectivity index is 0.000000157. The molecule has 0 fully saturated rings. The van der Waals surface area contributed by atoms with Crippen LogP contribution in [0, 0.1) is 0 Å². The smallest absolute Gasteiger partial charge is 0.00712 e. The minimum absolute atomic E-state index is 0. The third-order valence-electron chi connectivity index (χ3n) is 7.32. The topological polar surface area (TPSA) is 9.86 Å². The van der Waals surface area contributed by atoms with Gasteiger partial charge in [0, 0.05) is 25.1 Å². The average molecular weight is 613 g/mol. The maximum absolute atomic E-state index is 2.30. The van der Waals surface area contributed by atoms with Gasteiger partial charge in [0.1, 0.15) is 0 Å². The largest absolute Gasteiger partial charge is 1.00 e. The number of benzene rings is 4. The van der Waals surface area contributed by atoms with Crippen molar-refractivity contribution in [2.45, 2.75) is 13.1 Å². The van der Waals surface area contributed by atoms with E-state index in [2.05, 4.69) is 165 Å². The predicted octanol–water partition coefficient (Wildman–Crippen LogP) is 3.20. The molecule has 0 bridgehead atoms. The molecular formula is C34H30Cl2N2SiTi-2. The summed E-state index contributed by atoms with van der Waals surface area (Å²) in [5.41, 5.74) is 5.31. The van der Waals surface area contributed by atoms with Gasteiger partial charge in [0.2, 0.25) is 0 Å². The van der Waals surface area contributed by atoms with Crippen LogP contribution in [0.25, 0.3) is 65.2 Å². The molecule has 0 aliphatic carbocycles. The number of halogens is 2. The van der Waals surface area contributed by atoms with Gasteiger partial charge in [-0.2, -0.15) is 0 Å². The van der Waals surface area contributed by atoms with Gasteiger partial charge in [0.25, 0.3) is 0 Å². The van der Waals surface area contributed by atoms with Crippen LogP contribution in [0.2, 0.25) is 13.1 Å². The number of hydrogen-bond donors (Lipinski definition) is 0. The fourth-order valence-corrected chi connectivity index (χ4v) is 5.78. The minimum Gasteiger partial charge on any atom is -1.00 e. The van der Waals surface area contributed by atoms with Crippen LogP contribution in [0.4, 0.5) is 0 Å². The normalized spacial score (nSPS) is 10.8. The van der Waals surface area contributed by atoms with E-state index in [-0.39, 0.29) is 31.0 Å². The number of hydrogen-bond acceptors (Lipinski definition) is 0. The molecule has 6 heteroatoms. The van der Waals surface area contributed by atoms with Crippen molar-refractivity contribution in [1.29, 1.82) is 0 Å². The molecule has 0 saturated carbocycles. The van der Waals surface area contributed by atoms with E-state index in [1.807, 2.05) is 0 Å². The summed E-state index contributed by atoms with van der Waals surface area (Å²) in [5.74, 6) is 0. The first-order valence-corrected chi connectivity index (χ1v) is 17.8. The first-order valence-electron chi connectivity index (χ1n) is 13.0. The first-order chi connectivity index (χ1) is 18.5. The van der Waals surface area contributed by atoms with Gasteiger partial charge in [-0.1, -0.05) is 105 Å². The van der Waals surface area contributed by atoms with E-state index in [0.717, 1.165) is 0 Å². The van der Waals surface area contributed by atoms with E-state index in [1.165, 1.54) is 65.2 Å². The standard InChI is InChI=1S/2C16H12N.C2H6Si.2ClH.Ti/c2*1-17-15-9-5-4-8-13(15)14-10-11-6-2-3-7-12(11)16(14)17;1-3-2;;;/h2*2-10H,1H3;1-2H3;2*1H;/q2*-1;;;;+2/p-2. The molecule has 2 aromatic heterocycles. The van der Waals surface area contributed by atoms with Crippen molar-refractivity contribution in [2.24, 2.45) is 14.1 Å². The number of rotatable bonds is 0. The Hall–Kier alpha value is -2.79. The summed E-state index contributed by atoms with van der Waals surface area (Å²) in [7, 11) is 4.30. The van der Waals surface area contributed by atoms with Gasteiger partial charge in [-0.05, 0) is 23.2 Å². The zero-order valence-corrected chi connectivity index (χ0v) is 27.1. The molecule has 0 aliphatic heterocycles. The van der Waals surface area contributed by atoms with Crippen LogP contribution in [0.1, 0.15) is 0 Å². The Morgan fingerprint density at radius 2 is 0.825 bits per heavy atom. The SMILES string of the molecule is C[Si](C)=[Ti+2].Cn1c2ccccc2c2[cH-]c3ccccc3c21.Cn1c2ccccc2c2[cH-]c3ccccc3c21.[Cl-].[Cl-]. The van der Waals surface area contributed by atoms with Gasteiger partial charge in [0.15, 0.2) is 0 Å². The molecule has 6 aromatic carbocycles. The molecule has 0 unspecified atom stereocenters. The second-order valence-corrected chi connectivity index (χ2v) is 16.8. The summed E-state index contributed by atoms with van der Waals surface area (Å²) >= 11 is 2.27. The summed E-state index contributed by atoms with van der Waals surface area (Å²) < 4.78 is 4.60. The molecule has 40 heavy (non-hydrogen) atoms. The predicted molar refractivity (Wildman–Crippen MR) is 165 cm³/mol. The zero-order chi connectivity index (χ0) is 26.4. The molecule has 2 nitrogen and oxygen atoms in total. The Bertz CT molecular complexity index is 1950. The quantitative estimate of drug-likeness (QED) is 0.184. The number of aromatic nitrogens is 2. The van der Waals surface area contributed by atoms with E-state index >= 15 is 0 Å². The maximum atomic E-state index is 2.30. The second-order valence-electron chi connectivity index (χ2n) is 10.1. The summed E-state index contributed by atoms with van der Waals surface area (Å²) in [5, 5.41) is 10.8. The molecule has 8 aromatic rings. The summed E-state index contributed by atoms with van der Waals surface area (Å²) in [4.78, 5) is 0. The van der Waals surface area contributed by atoms with Crippen LogP contribution < -0.4 is 24.8 Å². The van der Waals surface area contributed by atoms with Gasteiger partial charge in [-0.3, -0.25) is 0 Å². The van der Waals surface area contributed by atoms with Gasteiger partial charge in [-0.25, -0.2) is 0 Å². The van der Waals surface area contributed by atoms with Gasteiger partial charge in [0.05, 0.1) is 0 Å². The van der Waals surface area contributed by atoms with E-state index in [1.54, 1.807) is 0 Å². The van der Waals surface area contributed by atoms with Crippen molar-refractivity contribution >= 4 is 71.3 Å². The van der Waals surface area contributed by atoms with Crippen LogP contribution in [-0.2, 0) is 33.3 Å². The Morgan fingerprint density at radius 3 is 1.20 bits per heavy atom. The van der Waals surface area contributed by atoms with E-state index < -0.39 is 0 Å². The third kappa shape index (κ3) is 5.18. The van der Waals surface area contributed by atoms with Crippen LogP contribution in [0.15, 0.2) is 109 Å². The molecular weight excluding hydrogens is 583 g/mol. The Morgan fingerprint density at radius 1 is 0.525 bits per heavy atom. The van der Waals surface area contributed by atoms with Crippen LogP contribution in [0.5, 0.6) is 0 Å². The maximum Gasteiger partial charge on any atom is 0.00712 e. The number of nitrogens with zero attached hydrogens (tertiary/aromatic N) is 2. The molecule has 0 spiro atoms. The molecule has 0 N–H and O–H groups in total. The summed E-state index contributed by atoms with van der Waals surface area (Å²) in [6.07, 6.45) is 0.120. The van der Waals surface area contributed by atoms with Gasteiger partial charge >= 0.3 is 38.5 Å². The van der Waals surface area contributed by atoms with Crippen molar-refractivity contribution in [2.75, 3.05) is 0 Å². The van der Waals surface area contributed by atoms with E-state index in [0.29, 0.717) is 0 Å². The Labute approximate surface area is 259 Å². The number of para-hydroxylation sites is 2. The summed E-state index contributed by atoms with van der Waals surface area (Å²) in [6, 6.07) is 39.0. The molecule has 0 saturated heterocycles. The van der Waals surface area contributed by atoms with Crippen molar-refractivity contribution in [1.82, 2.24) is 9.13 Å². The number of aryl methyl sites for hydroxylation is 2. The van der Waals surface area contributed by atoms with Crippen LogP contribution in [0.3, 0.4) is 0 Å². The number of fused-ring (bicyclic) bond motifs is 10. The fourth-order valence-electron chi connectivity index (χ4n) is 5.78. The first kappa shape index (κ1) is 30.2. The van der Waals surface area contributed by atoms with Gasteiger partial charge in [-0.15, -0.1) is 35.0 Å². The Kier molecular flexibility index (Phi) is 9.34. The van der Waals surface area contributed by atoms with Gasteiger partial charge < -0.3 is 33.9 Å². The summed E-state index contributed by atoms with van der Waals surface area (Å²) in [6.45, 7) is 4.54. The molecule has 200 valence electrons. The zero-order valence-electron chi connectivity index (χ0n) is 23.0. The van der Waals surface area contributed by atoms with Crippen molar-refractivity contribution in [3.8, 4) is 0 Å². The molecule has 8 rings (SSSR count).